The topological polar surface area (TPSA) is 32.3 Å². The van der Waals surface area contributed by atoms with Crippen molar-refractivity contribution in [3.63, 3.8) is 0 Å². The SMILES string of the molecule is CCC[C@H](C)NC(=O)[C@H]1CCCN(Cc2ccc(Cl)cc2)C1. The second-order valence-corrected chi connectivity index (χ2v) is 6.84. The van der Waals surface area contributed by atoms with Crippen LogP contribution in [-0.4, -0.2) is 29.9 Å². The van der Waals surface area contributed by atoms with E-state index in [1.165, 1.54) is 5.56 Å². The number of rotatable bonds is 6. The molecule has 1 aromatic rings. The molecule has 0 aromatic heterocycles. The number of nitrogens with zero attached hydrogens (tertiary/aromatic N) is 1. The van der Waals surface area contributed by atoms with Gasteiger partial charge in [0.1, 0.15) is 0 Å². The molecule has 122 valence electrons. The van der Waals surface area contributed by atoms with Crippen molar-refractivity contribution in [2.45, 2.75) is 52.1 Å². The molecule has 0 saturated carbocycles. The summed E-state index contributed by atoms with van der Waals surface area (Å²) in [7, 11) is 0. The highest BCUT2D eigenvalue weighted by Gasteiger charge is 2.26. The Morgan fingerprint density at radius 2 is 2.14 bits per heavy atom. The Morgan fingerprint density at radius 1 is 1.41 bits per heavy atom. The lowest BCUT2D eigenvalue weighted by Crippen LogP contribution is -2.45. The van der Waals surface area contributed by atoms with E-state index in [0.717, 1.165) is 50.3 Å². The molecule has 0 unspecified atom stereocenters. The number of piperidine rings is 1. The minimum absolute atomic E-state index is 0.125. The highest BCUT2D eigenvalue weighted by Crippen LogP contribution is 2.20. The number of hydrogen-bond acceptors (Lipinski definition) is 2. The fraction of sp³-hybridized carbons (Fsp3) is 0.611. The van der Waals surface area contributed by atoms with E-state index in [0.29, 0.717) is 0 Å². The number of carbonyl (C=O) groups is 1. The summed E-state index contributed by atoms with van der Waals surface area (Å²) in [4.78, 5) is 14.7. The highest BCUT2D eigenvalue weighted by molar-refractivity contribution is 6.30. The van der Waals surface area contributed by atoms with Gasteiger partial charge in [0.05, 0.1) is 5.92 Å². The van der Waals surface area contributed by atoms with Crippen LogP contribution in [0.15, 0.2) is 24.3 Å². The Labute approximate surface area is 139 Å². The van der Waals surface area contributed by atoms with E-state index in [4.69, 9.17) is 11.6 Å². The first-order valence-corrected chi connectivity index (χ1v) is 8.73. The predicted molar refractivity (Wildman–Crippen MR) is 92.0 cm³/mol. The van der Waals surface area contributed by atoms with Crippen LogP contribution in [0.4, 0.5) is 0 Å². The van der Waals surface area contributed by atoms with E-state index in [1.54, 1.807) is 0 Å². The number of carbonyl (C=O) groups excluding carboxylic acids is 1. The summed E-state index contributed by atoms with van der Waals surface area (Å²) in [5.41, 5.74) is 1.25. The van der Waals surface area contributed by atoms with Gasteiger partial charge in [-0.25, -0.2) is 0 Å². The van der Waals surface area contributed by atoms with Gasteiger partial charge >= 0.3 is 0 Å². The third-order valence-corrected chi connectivity index (χ3v) is 4.56. The zero-order valence-corrected chi connectivity index (χ0v) is 14.4. The van der Waals surface area contributed by atoms with Crippen LogP contribution in [-0.2, 0) is 11.3 Å². The summed E-state index contributed by atoms with van der Waals surface area (Å²) in [6, 6.07) is 8.27. The summed E-state index contributed by atoms with van der Waals surface area (Å²) in [6.45, 7) is 7.06. The Kier molecular flexibility index (Phi) is 6.71. The Morgan fingerprint density at radius 3 is 2.82 bits per heavy atom. The molecule has 1 aliphatic rings. The van der Waals surface area contributed by atoms with E-state index in [2.05, 4.69) is 36.2 Å². The third-order valence-electron chi connectivity index (χ3n) is 4.31. The molecule has 1 aromatic carbocycles. The molecule has 4 heteroatoms. The number of nitrogens with one attached hydrogen (secondary N) is 1. The van der Waals surface area contributed by atoms with Crippen LogP contribution in [0.5, 0.6) is 0 Å². The number of hydrogen-bond donors (Lipinski definition) is 1. The van der Waals surface area contributed by atoms with Crippen molar-refractivity contribution in [3.8, 4) is 0 Å². The number of halogens is 1. The van der Waals surface area contributed by atoms with Gasteiger partial charge in [0.25, 0.3) is 0 Å². The minimum Gasteiger partial charge on any atom is -0.353 e. The van der Waals surface area contributed by atoms with Gasteiger partial charge in [0.15, 0.2) is 0 Å². The maximum Gasteiger partial charge on any atom is 0.224 e. The Bertz CT molecular complexity index is 474. The van der Waals surface area contributed by atoms with Gasteiger partial charge in [-0.2, -0.15) is 0 Å². The van der Waals surface area contributed by atoms with Gasteiger partial charge in [-0.3, -0.25) is 9.69 Å². The maximum atomic E-state index is 12.4. The van der Waals surface area contributed by atoms with Crippen molar-refractivity contribution in [1.29, 1.82) is 0 Å². The fourth-order valence-electron chi connectivity index (χ4n) is 3.13. The van der Waals surface area contributed by atoms with Gasteiger partial charge in [-0.05, 0) is 50.4 Å². The van der Waals surface area contributed by atoms with Crippen LogP contribution in [0.1, 0.15) is 45.1 Å². The lowest BCUT2D eigenvalue weighted by molar-refractivity contribution is -0.127. The zero-order chi connectivity index (χ0) is 15.9. The Balaban J connectivity index is 1.85. The van der Waals surface area contributed by atoms with Gasteiger partial charge in [0.2, 0.25) is 5.91 Å². The van der Waals surface area contributed by atoms with Gasteiger partial charge in [-0.1, -0.05) is 37.1 Å². The molecule has 2 atom stereocenters. The standard InChI is InChI=1S/C18H27ClN2O/c1-3-5-14(2)20-18(22)16-6-4-11-21(13-16)12-15-7-9-17(19)10-8-15/h7-10,14,16H,3-6,11-13H2,1-2H3,(H,20,22)/t14-,16-/m0/s1. The van der Waals surface area contributed by atoms with Gasteiger partial charge < -0.3 is 5.32 Å². The monoisotopic (exact) mass is 322 g/mol. The summed E-state index contributed by atoms with van der Waals surface area (Å²) >= 11 is 5.93. The molecule has 2 rings (SSSR count). The van der Waals surface area contributed by atoms with Crippen molar-refractivity contribution >= 4 is 17.5 Å². The lowest BCUT2D eigenvalue weighted by atomic mass is 9.96. The summed E-state index contributed by atoms with van der Waals surface area (Å²) in [5.74, 6) is 0.349. The van der Waals surface area contributed by atoms with E-state index in [9.17, 15) is 4.79 Å². The molecule has 0 spiro atoms. The third kappa shape index (κ3) is 5.29. The van der Waals surface area contributed by atoms with Crippen molar-refractivity contribution in [1.82, 2.24) is 10.2 Å². The maximum absolute atomic E-state index is 12.4. The first kappa shape index (κ1) is 17.3. The van der Waals surface area contributed by atoms with Crippen LogP contribution < -0.4 is 5.32 Å². The molecule has 1 amide bonds. The van der Waals surface area contributed by atoms with Crippen molar-refractivity contribution < 1.29 is 4.79 Å². The molecule has 22 heavy (non-hydrogen) atoms. The van der Waals surface area contributed by atoms with Gasteiger partial charge in [0, 0.05) is 24.2 Å². The first-order chi connectivity index (χ1) is 10.6. The molecule has 1 fully saturated rings. The van der Waals surface area contributed by atoms with Crippen LogP contribution in [0.2, 0.25) is 5.02 Å². The van der Waals surface area contributed by atoms with Crippen molar-refractivity contribution in [2.75, 3.05) is 13.1 Å². The molecule has 0 radical (unpaired) electrons. The van der Waals surface area contributed by atoms with Gasteiger partial charge in [-0.15, -0.1) is 0 Å². The van der Waals surface area contributed by atoms with E-state index in [-0.39, 0.29) is 17.9 Å². The van der Waals surface area contributed by atoms with E-state index in [1.807, 2.05) is 12.1 Å². The molecule has 0 aliphatic carbocycles. The second-order valence-electron chi connectivity index (χ2n) is 6.40. The molecule has 1 saturated heterocycles. The number of likely N-dealkylation sites (tertiary alicyclic amines) is 1. The molecular formula is C18H27ClN2O. The first-order valence-electron chi connectivity index (χ1n) is 8.35. The fourth-order valence-corrected chi connectivity index (χ4v) is 3.25. The zero-order valence-electron chi connectivity index (χ0n) is 13.6. The van der Waals surface area contributed by atoms with Crippen LogP contribution in [0, 0.1) is 5.92 Å². The Hall–Kier alpha value is -1.06. The van der Waals surface area contributed by atoms with Crippen molar-refractivity contribution in [3.05, 3.63) is 34.9 Å². The van der Waals surface area contributed by atoms with Crippen molar-refractivity contribution in [2.24, 2.45) is 5.92 Å². The summed E-state index contributed by atoms with van der Waals surface area (Å²) < 4.78 is 0. The second kappa shape index (κ2) is 8.54. The lowest BCUT2D eigenvalue weighted by Gasteiger charge is -2.32. The average molecular weight is 323 g/mol. The summed E-state index contributed by atoms with van der Waals surface area (Å²) in [6.07, 6.45) is 4.25. The number of benzene rings is 1. The minimum atomic E-state index is 0.125. The van der Waals surface area contributed by atoms with E-state index < -0.39 is 0 Å². The van der Waals surface area contributed by atoms with E-state index >= 15 is 0 Å². The molecule has 0 bridgehead atoms. The largest absolute Gasteiger partial charge is 0.353 e. The predicted octanol–water partition coefficient (Wildman–Crippen LogP) is 3.86. The normalized spacial score (nSPS) is 20.6. The highest BCUT2D eigenvalue weighted by atomic mass is 35.5. The van der Waals surface area contributed by atoms with Crippen LogP contribution in [0.3, 0.4) is 0 Å². The van der Waals surface area contributed by atoms with Crippen LogP contribution in [0.25, 0.3) is 0 Å². The quantitative estimate of drug-likeness (QED) is 0.862. The average Bonchev–Trinajstić information content (AvgIpc) is 2.50. The molecule has 1 heterocycles. The molecular weight excluding hydrogens is 296 g/mol. The summed E-state index contributed by atoms with van der Waals surface area (Å²) in [5, 5.41) is 3.93. The molecule has 1 aliphatic heterocycles. The molecule has 1 N–H and O–H groups in total. The number of amides is 1. The molecule has 3 nitrogen and oxygen atoms in total. The van der Waals surface area contributed by atoms with Crippen LogP contribution >= 0.6 is 11.6 Å². The smallest absolute Gasteiger partial charge is 0.224 e.